The van der Waals surface area contributed by atoms with Gasteiger partial charge in [-0.05, 0) is 32.0 Å². The van der Waals surface area contributed by atoms with Gasteiger partial charge in [-0.1, -0.05) is 66.7 Å². The van der Waals surface area contributed by atoms with Crippen LogP contribution in [0.2, 0.25) is 0 Å². The average Bonchev–Trinajstić information content (AvgIpc) is 3.28. The second-order valence-corrected chi connectivity index (χ2v) is 7.93. The minimum Gasteiger partial charge on any atom is -0.494 e. The highest BCUT2D eigenvalue weighted by atomic mass is 16.5. The minimum atomic E-state index is -0.521. The molecule has 1 atom stereocenters. The zero-order valence-electron chi connectivity index (χ0n) is 19.0. The van der Waals surface area contributed by atoms with Gasteiger partial charge < -0.3 is 15.4 Å². The van der Waals surface area contributed by atoms with Crippen LogP contribution in [0, 0.1) is 0 Å². The molecule has 3 aromatic carbocycles. The van der Waals surface area contributed by atoms with Crippen LogP contribution in [0.15, 0.2) is 96.2 Å². The Kier molecular flexibility index (Phi) is 5.82. The summed E-state index contributed by atoms with van der Waals surface area (Å²) < 4.78 is 7.71. The van der Waals surface area contributed by atoms with E-state index in [-0.39, 0.29) is 5.91 Å². The van der Waals surface area contributed by atoms with Crippen molar-refractivity contribution in [3.8, 4) is 17.1 Å². The lowest BCUT2D eigenvalue weighted by Gasteiger charge is -2.29. The molecule has 0 spiro atoms. The van der Waals surface area contributed by atoms with Gasteiger partial charge >= 0.3 is 0 Å². The van der Waals surface area contributed by atoms with Crippen molar-refractivity contribution in [2.24, 2.45) is 0 Å². The fourth-order valence-electron chi connectivity index (χ4n) is 4.16. The van der Waals surface area contributed by atoms with Crippen molar-refractivity contribution in [1.82, 2.24) is 14.8 Å². The van der Waals surface area contributed by atoms with Crippen LogP contribution in [-0.2, 0) is 4.79 Å². The van der Waals surface area contributed by atoms with Crippen molar-refractivity contribution in [3.63, 3.8) is 0 Å². The van der Waals surface area contributed by atoms with Crippen LogP contribution in [-0.4, -0.2) is 27.3 Å². The smallest absolute Gasteiger partial charge is 0.255 e. The molecule has 7 heteroatoms. The summed E-state index contributed by atoms with van der Waals surface area (Å²) in [5, 5.41) is 11.1. The van der Waals surface area contributed by atoms with Crippen LogP contribution in [0.1, 0.15) is 25.5 Å². The van der Waals surface area contributed by atoms with E-state index in [0.717, 1.165) is 16.8 Å². The Hall–Kier alpha value is -4.39. The van der Waals surface area contributed by atoms with E-state index >= 15 is 0 Å². The third-order valence-corrected chi connectivity index (χ3v) is 5.67. The molecule has 2 N–H and O–H groups in total. The van der Waals surface area contributed by atoms with Gasteiger partial charge in [-0.2, -0.15) is 4.98 Å². The zero-order valence-corrected chi connectivity index (χ0v) is 19.0. The quantitative estimate of drug-likeness (QED) is 0.417. The number of nitrogens with zero attached hydrogens (tertiary/aromatic N) is 3. The lowest BCUT2D eigenvalue weighted by molar-refractivity contribution is -0.113. The van der Waals surface area contributed by atoms with E-state index < -0.39 is 6.04 Å². The van der Waals surface area contributed by atoms with Gasteiger partial charge in [0.15, 0.2) is 5.82 Å². The van der Waals surface area contributed by atoms with Crippen LogP contribution in [0.3, 0.4) is 0 Å². The first-order valence-electron chi connectivity index (χ1n) is 11.2. The number of carbonyl (C=O) groups is 1. The summed E-state index contributed by atoms with van der Waals surface area (Å²) in [5.74, 6) is 1.65. The number of hydrogen-bond acceptors (Lipinski definition) is 5. The molecule has 1 amide bonds. The number of nitrogens with one attached hydrogen (secondary N) is 2. The monoisotopic (exact) mass is 451 g/mol. The van der Waals surface area contributed by atoms with Crippen LogP contribution in [0.4, 0.5) is 11.6 Å². The zero-order chi connectivity index (χ0) is 23.5. The van der Waals surface area contributed by atoms with E-state index in [0.29, 0.717) is 35.4 Å². The van der Waals surface area contributed by atoms with Crippen LogP contribution >= 0.6 is 0 Å². The average molecular weight is 452 g/mol. The number of amides is 1. The number of ether oxygens (including phenoxy) is 1. The number of rotatable bonds is 6. The van der Waals surface area contributed by atoms with Crippen molar-refractivity contribution < 1.29 is 9.53 Å². The van der Waals surface area contributed by atoms with E-state index in [2.05, 4.69) is 10.6 Å². The Labute approximate surface area is 198 Å². The molecule has 0 radical (unpaired) electrons. The number of anilines is 2. The van der Waals surface area contributed by atoms with Gasteiger partial charge in [0, 0.05) is 22.5 Å². The molecule has 1 aliphatic rings. The number of fused-ring (bicyclic) bond motifs is 1. The largest absolute Gasteiger partial charge is 0.494 e. The maximum Gasteiger partial charge on any atom is 0.255 e. The van der Waals surface area contributed by atoms with Gasteiger partial charge in [-0.25, -0.2) is 4.68 Å². The van der Waals surface area contributed by atoms with Crippen molar-refractivity contribution in [1.29, 1.82) is 0 Å². The Morgan fingerprint density at radius 2 is 1.68 bits per heavy atom. The van der Waals surface area contributed by atoms with Crippen LogP contribution in [0.25, 0.3) is 11.4 Å². The highest BCUT2D eigenvalue weighted by Crippen LogP contribution is 2.40. The molecule has 0 unspecified atom stereocenters. The van der Waals surface area contributed by atoms with E-state index in [1.54, 1.807) is 4.68 Å². The lowest BCUT2D eigenvalue weighted by Crippen LogP contribution is -2.31. The van der Waals surface area contributed by atoms with E-state index in [9.17, 15) is 4.79 Å². The fourth-order valence-corrected chi connectivity index (χ4v) is 4.16. The fraction of sp³-hybridized carbons (Fsp3) is 0.148. The van der Waals surface area contributed by atoms with Crippen molar-refractivity contribution >= 4 is 17.5 Å². The minimum absolute atomic E-state index is 0.213. The maximum atomic E-state index is 13.6. The molecule has 2 heterocycles. The first-order chi connectivity index (χ1) is 16.7. The first-order valence-corrected chi connectivity index (χ1v) is 11.2. The van der Waals surface area contributed by atoms with Gasteiger partial charge in [-0.3, -0.25) is 4.79 Å². The molecule has 0 fully saturated rings. The predicted molar refractivity (Wildman–Crippen MR) is 133 cm³/mol. The van der Waals surface area contributed by atoms with Gasteiger partial charge in [-0.15, -0.1) is 5.10 Å². The number of allylic oxidation sites excluding steroid dienone is 1. The molecule has 34 heavy (non-hydrogen) atoms. The van der Waals surface area contributed by atoms with Gasteiger partial charge in [0.2, 0.25) is 5.95 Å². The highest BCUT2D eigenvalue weighted by molar-refractivity contribution is 6.06. The lowest BCUT2D eigenvalue weighted by atomic mass is 9.94. The molecule has 0 bridgehead atoms. The second kappa shape index (κ2) is 9.23. The molecule has 5 rings (SSSR count). The van der Waals surface area contributed by atoms with E-state index in [1.807, 2.05) is 98.8 Å². The summed E-state index contributed by atoms with van der Waals surface area (Å²) in [6, 6.07) is 26.4. The summed E-state index contributed by atoms with van der Waals surface area (Å²) in [7, 11) is 0. The van der Waals surface area contributed by atoms with Crippen LogP contribution in [0.5, 0.6) is 5.75 Å². The topological polar surface area (TPSA) is 81.1 Å². The van der Waals surface area contributed by atoms with E-state index in [4.69, 9.17) is 14.8 Å². The number of carbonyl (C=O) groups excluding carboxylic acids is 1. The molecular weight excluding hydrogens is 426 g/mol. The molecular formula is C27H25N5O2. The number of benzene rings is 3. The summed E-state index contributed by atoms with van der Waals surface area (Å²) in [4.78, 5) is 18.3. The first kappa shape index (κ1) is 21.5. The summed E-state index contributed by atoms with van der Waals surface area (Å²) in [5.41, 5.74) is 3.72. The van der Waals surface area contributed by atoms with Gasteiger partial charge in [0.1, 0.15) is 11.8 Å². The van der Waals surface area contributed by atoms with Crippen molar-refractivity contribution in [2.75, 3.05) is 17.2 Å². The highest BCUT2D eigenvalue weighted by Gasteiger charge is 2.36. The number of hydrogen-bond donors (Lipinski definition) is 2. The molecule has 1 aromatic heterocycles. The number of para-hydroxylation sites is 2. The van der Waals surface area contributed by atoms with Crippen molar-refractivity contribution in [2.45, 2.75) is 19.9 Å². The summed E-state index contributed by atoms with van der Waals surface area (Å²) in [6.45, 7) is 4.34. The van der Waals surface area contributed by atoms with Gasteiger partial charge in [0.05, 0.1) is 12.2 Å². The normalized spacial score (nSPS) is 14.8. The molecule has 0 saturated carbocycles. The predicted octanol–water partition coefficient (Wildman–Crippen LogP) is 5.27. The molecule has 1 aliphatic heterocycles. The molecule has 4 aromatic rings. The van der Waals surface area contributed by atoms with Crippen molar-refractivity contribution in [3.05, 3.63) is 102 Å². The molecule has 7 nitrogen and oxygen atoms in total. The third-order valence-electron chi connectivity index (χ3n) is 5.67. The Balaban J connectivity index is 1.64. The second-order valence-electron chi connectivity index (χ2n) is 7.93. The standard InChI is InChI=1S/C27H25N5O2/c1-3-34-22-17-11-10-16-21(22)24-23(26(33)29-20-14-8-5-9-15-20)18(2)28-27-30-25(31-32(24)27)19-12-6-4-7-13-19/h4-17,24H,3H2,1-2H3,(H,29,33)(H,28,30,31)/t24-/m1/s1. The molecule has 0 saturated heterocycles. The Bertz CT molecular complexity index is 1350. The summed E-state index contributed by atoms with van der Waals surface area (Å²) >= 11 is 0. The number of aromatic nitrogens is 3. The van der Waals surface area contributed by atoms with Crippen LogP contribution < -0.4 is 15.4 Å². The van der Waals surface area contributed by atoms with Gasteiger partial charge in [0.25, 0.3) is 5.91 Å². The third kappa shape index (κ3) is 4.03. The van der Waals surface area contributed by atoms with E-state index in [1.165, 1.54) is 0 Å². The Morgan fingerprint density at radius 1 is 1.00 bits per heavy atom. The molecule has 0 aliphatic carbocycles. The SMILES string of the molecule is CCOc1ccccc1[C@@H]1C(C(=O)Nc2ccccc2)=C(C)Nc2nc(-c3ccccc3)nn21. The summed E-state index contributed by atoms with van der Waals surface area (Å²) in [6.07, 6.45) is 0. The molecule has 170 valence electrons. The Morgan fingerprint density at radius 3 is 2.41 bits per heavy atom. The maximum absolute atomic E-state index is 13.6.